The van der Waals surface area contributed by atoms with Crippen LogP contribution in [0.3, 0.4) is 0 Å². The number of halogens is 10. The first-order valence-electron chi connectivity index (χ1n) is 3.87. The third-order valence-corrected chi connectivity index (χ3v) is 5.12. The Morgan fingerprint density at radius 1 is 0.545 bits per heavy atom. The second kappa shape index (κ2) is 6.00. The molecule has 0 amide bonds. The molecule has 0 aliphatic heterocycles. The maximum Gasteiger partial charge on any atom is 0.471 e. The quantitative estimate of drug-likeness (QED) is 0.579. The Morgan fingerprint density at radius 3 is 0.864 bits per heavy atom. The average Bonchev–Trinajstić information content (AvgIpc) is 2.11. The summed E-state index contributed by atoms with van der Waals surface area (Å²) in [7, 11) is -15.0. The summed E-state index contributed by atoms with van der Waals surface area (Å²) in [6, 6.07) is 0. The Kier molecular flexibility index (Phi) is 6.55. The third-order valence-electron chi connectivity index (χ3n) is 1.55. The van der Waals surface area contributed by atoms with E-state index in [4.69, 9.17) is 0 Å². The van der Waals surface area contributed by atoms with Crippen LogP contribution >= 0.6 is 0 Å². The molecule has 1 N–H and O–H groups in total. The summed E-state index contributed by atoms with van der Waals surface area (Å²) >= 11 is 0. The summed E-state index contributed by atoms with van der Waals surface area (Å²) in [6.45, 7) is 0. The van der Waals surface area contributed by atoms with Crippen molar-refractivity contribution in [3.63, 3.8) is 0 Å². The van der Waals surface area contributed by atoms with E-state index in [0.29, 0.717) is 0 Å². The molecule has 18 heteroatoms. The molecule has 0 unspecified atom stereocenters. The summed E-state index contributed by atoms with van der Waals surface area (Å²) in [5.41, 5.74) is 0. The molecular weight excluding hydrogens is 387 g/mol. The first-order valence-corrected chi connectivity index (χ1v) is 6.84. The van der Waals surface area contributed by atoms with Crippen LogP contribution in [0, 0.1) is 0 Å². The fraction of sp³-hybridized carbons (Fsp3) is 1.00. The van der Waals surface area contributed by atoms with Crippen LogP contribution in [0.1, 0.15) is 0 Å². The van der Waals surface area contributed by atoms with Gasteiger partial charge >= 0.3 is 22.9 Å². The van der Waals surface area contributed by atoms with Gasteiger partial charge in [0.1, 0.15) is 0 Å². The number of rotatable bonds is 4. The van der Waals surface area contributed by atoms with Crippen LogP contribution < -0.4 is 4.13 Å². The topological polar surface area (TPSA) is 80.3 Å². The molecule has 0 fully saturated rings. The maximum atomic E-state index is 12.4. The number of nitrogens with one attached hydrogen (secondary N) is 1. The van der Waals surface area contributed by atoms with Gasteiger partial charge in [-0.05, 0) is 0 Å². The van der Waals surface area contributed by atoms with Crippen molar-refractivity contribution in [3.05, 3.63) is 0 Å². The molecule has 0 saturated carbocycles. The third kappa shape index (κ3) is 3.99. The van der Waals surface area contributed by atoms with E-state index in [1.54, 1.807) is 0 Å². The molecule has 5 nitrogen and oxygen atoms in total. The minimum atomic E-state index is -7.49. The zero-order valence-corrected chi connectivity index (χ0v) is 11.4. The predicted octanol–water partition coefficient (Wildman–Crippen LogP) is 1.17. The van der Waals surface area contributed by atoms with Crippen molar-refractivity contribution >= 4 is 38.9 Å². The molecule has 22 heavy (non-hydrogen) atoms. The molecule has 0 spiro atoms. The summed E-state index contributed by atoms with van der Waals surface area (Å²) < 4.78 is 160. The number of alkyl halides is 10. The van der Waals surface area contributed by atoms with Crippen molar-refractivity contribution in [3.8, 4) is 0 Å². The Morgan fingerprint density at radius 2 is 0.727 bits per heavy atom. The normalized spacial score (nSPS) is 15.4. The molecule has 1 radical (unpaired) electrons. The summed E-state index contributed by atoms with van der Waals surface area (Å²) in [5, 5.41) is -13.9. The van der Waals surface area contributed by atoms with Crippen LogP contribution in [-0.4, -0.2) is 58.6 Å². The summed E-state index contributed by atoms with van der Waals surface area (Å²) in [5.74, 6) is 0. The maximum absolute atomic E-state index is 12.4. The minimum absolute atomic E-state index is 0. The van der Waals surface area contributed by atoms with E-state index in [1.807, 2.05) is 0 Å². The monoisotopic (exact) mass is 388 g/mol. The smallest absolute Gasteiger partial charge is 0.205 e. The standard InChI is InChI=1S/C4HF10NO4S2.Li/c5-1(6,7)3(11,12)20(16,17)15-21(18,19)4(13,14)2(8,9)10;/h15H;. The van der Waals surface area contributed by atoms with Crippen molar-refractivity contribution in [2.75, 3.05) is 0 Å². The first-order chi connectivity index (χ1) is 8.71. The fourth-order valence-electron chi connectivity index (χ4n) is 0.554. The van der Waals surface area contributed by atoms with Crippen LogP contribution in [0.4, 0.5) is 43.9 Å². The van der Waals surface area contributed by atoms with E-state index in [0.717, 1.165) is 0 Å². The van der Waals surface area contributed by atoms with Gasteiger partial charge in [0.05, 0.1) is 0 Å². The van der Waals surface area contributed by atoms with Crippen LogP contribution in [0.15, 0.2) is 0 Å². The van der Waals surface area contributed by atoms with E-state index in [2.05, 4.69) is 0 Å². The Labute approximate surface area is 127 Å². The van der Waals surface area contributed by atoms with Crippen LogP contribution in [0.5, 0.6) is 0 Å². The Hall–Kier alpha value is -0.243. The van der Waals surface area contributed by atoms with Gasteiger partial charge in [-0.3, -0.25) is 0 Å². The van der Waals surface area contributed by atoms with Gasteiger partial charge in [0.25, 0.3) is 20.0 Å². The molecule has 0 rings (SSSR count). The fourth-order valence-corrected chi connectivity index (χ4v) is 3.16. The van der Waals surface area contributed by atoms with E-state index >= 15 is 0 Å². The Balaban J connectivity index is 0. The second-order valence-electron chi connectivity index (χ2n) is 3.12. The number of hydrogen-bond donors (Lipinski definition) is 1. The molecule has 0 bridgehead atoms. The van der Waals surface area contributed by atoms with Gasteiger partial charge < -0.3 is 0 Å². The molecule has 0 aromatic rings. The second-order valence-corrected chi connectivity index (χ2v) is 6.83. The first kappa shape index (κ1) is 24.0. The molecule has 0 aliphatic rings. The SMILES string of the molecule is O=S(=O)(NS(=O)(=O)C(F)(F)C(F)(F)F)C(F)(F)C(F)(F)F.[Li]. The van der Waals surface area contributed by atoms with Crippen molar-refractivity contribution < 1.29 is 60.7 Å². The van der Waals surface area contributed by atoms with Gasteiger partial charge in [0.15, 0.2) is 0 Å². The summed E-state index contributed by atoms with van der Waals surface area (Å²) in [6.07, 6.45) is -13.9. The van der Waals surface area contributed by atoms with E-state index in [9.17, 15) is 60.7 Å². The van der Waals surface area contributed by atoms with Gasteiger partial charge in [0, 0.05) is 18.9 Å². The van der Waals surface area contributed by atoms with Gasteiger partial charge in [-0.15, -0.1) is 0 Å². The van der Waals surface area contributed by atoms with Gasteiger partial charge in [0.2, 0.25) is 0 Å². The molecule has 0 atom stereocenters. The number of hydrogen-bond acceptors (Lipinski definition) is 4. The van der Waals surface area contributed by atoms with E-state index in [1.165, 1.54) is 0 Å². The van der Waals surface area contributed by atoms with Crippen molar-refractivity contribution in [1.29, 1.82) is 0 Å². The van der Waals surface area contributed by atoms with Gasteiger partial charge in [-0.2, -0.15) is 43.9 Å². The van der Waals surface area contributed by atoms with Gasteiger partial charge in [-0.1, -0.05) is 4.13 Å². The van der Waals surface area contributed by atoms with Crippen molar-refractivity contribution in [2.45, 2.75) is 22.9 Å². The largest absolute Gasteiger partial charge is 0.471 e. The Bertz CT molecular complexity index is 550. The zero-order chi connectivity index (χ0) is 17.7. The van der Waals surface area contributed by atoms with Crippen molar-refractivity contribution in [2.24, 2.45) is 0 Å². The molecule has 0 aromatic heterocycles. The van der Waals surface area contributed by atoms with Crippen molar-refractivity contribution in [1.82, 2.24) is 4.13 Å². The van der Waals surface area contributed by atoms with Crippen LogP contribution in [0.2, 0.25) is 0 Å². The molecular formula is C4HF10LiNO4S2. The van der Waals surface area contributed by atoms with E-state index in [-0.39, 0.29) is 18.9 Å². The molecule has 0 saturated heterocycles. The molecule has 0 heterocycles. The average molecular weight is 388 g/mol. The van der Waals surface area contributed by atoms with E-state index < -0.39 is 47.0 Å². The number of sulfonamides is 2. The zero-order valence-electron chi connectivity index (χ0n) is 9.73. The summed E-state index contributed by atoms with van der Waals surface area (Å²) in [4.78, 5) is 0. The molecule has 129 valence electrons. The molecule has 0 aromatic carbocycles. The predicted molar refractivity (Wildman–Crippen MR) is 48.7 cm³/mol. The molecule has 0 aliphatic carbocycles. The van der Waals surface area contributed by atoms with Crippen LogP contribution in [0.25, 0.3) is 0 Å². The minimum Gasteiger partial charge on any atom is -0.205 e. The van der Waals surface area contributed by atoms with Crippen LogP contribution in [-0.2, 0) is 20.0 Å². The van der Waals surface area contributed by atoms with Gasteiger partial charge in [-0.25, -0.2) is 16.8 Å².